The molecular formula is C17H16N6S. The van der Waals surface area contributed by atoms with Gasteiger partial charge in [-0.05, 0) is 10.4 Å². The number of nitrogens with two attached hydrogens (primary N) is 1. The molecule has 0 bridgehead atoms. The Labute approximate surface area is 142 Å². The molecular weight excluding hydrogens is 320 g/mol. The first kappa shape index (κ1) is 13.9. The van der Waals surface area contributed by atoms with E-state index in [1.165, 1.54) is 10.4 Å². The summed E-state index contributed by atoms with van der Waals surface area (Å²) in [5.41, 5.74) is 7.82. The van der Waals surface area contributed by atoms with Gasteiger partial charge in [0.15, 0.2) is 5.65 Å². The number of aromatic nitrogens is 4. The van der Waals surface area contributed by atoms with Gasteiger partial charge in [-0.3, -0.25) is 0 Å². The molecule has 0 unspecified atom stereocenters. The summed E-state index contributed by atoms with van der Waals surface area (Å²) in [5, 5.41) is 9.33. The van der Waals surface area contributed by atoms with E-state index in [0.717, 1.165) is 40.5 Å². The molecule has 1 aromatic carbocycles. The lowest BCUT2D eigenvalue weighted by Crippen LogP contribution is -2.36. The number of hydrogen-bond donors (Lipinski definition) is 1. The van der Waals surface area contributed by atoms with Gasteiger partial charge in [-0.25, -0.2) is 9.67 Å². The molecule has 0 saturated heterocycles. The van der Waals surface area contributed by atoms with Crippen molar-refractivity contribution in [3.63, 3.8) is 0 Å². The van der Waals surface area contributed by atoms with Crippen LogP contribution < -0.4 is 16.2 Å². The van der Waals surface area contributed by atoms with Gasteiger partial charge in [0.05, 0.1) is 11.1 Å². The second-order valence-electron chi connectivity index (χ2n) is 6.01. The molecule has 0 radical (unpaired) electrons. The fourth-order valence-corrected chi connectivity index (χ4v) is 4.30. The summed E-state index contributed by atoms with van der Waals surface area (Å²) in [7, 11) is 0. The van der Waals surface area contributed by atoms with Gasteiger partial charge in [-0.15, -0.1) is 11.8 Å². The molecule has 0 amide bonds. The normalized spacial score (nSPS) is 15.8. The van der Waals surface area contributed by atoms with Crippen molar-refractivity contribution in [1.82, 2.24) is 24.6 Å². The minimum atomic E-state index is 0.319. The maximum absolute atomic E-state index is 5.89. The van der Waals surface area contributed by atoms with Crippen LogP contribution in [0.25, 0.3) is 23.3 Å². The van der Waals surface area contributed by atoms with Crippen molar-refractivity contribution in [3.8, 4) is 0 Å². The highest BCUT2D eigenvalue weighted by Gasteiger charge is 2.22. The number of fused-ring (bicyclic) bond motifs is 1. The van der Waals surface area contributed by atoms with Gasteiger partial charge in [-0.1, -0.05) is 30.3 Å². The second-order valence-corrected chi connectivity index (χ2v) is 7.09. The lowest BCUT2D eigenvalue weighted by atomic mass is 10.2. The molecule has 7 heteroatoms. The summed E-state index contributed by atoms with van der Waals surface area (Å²) >= 11 is 1.73. The highest BCUT2D eigenvalue weighted by molar-refractivity contribution is 7.99. The lowest BCUT2D eigenvalue weighted by molar-refractivity contribution is 0.351. The first-order valence-electron chi connectivity index (χ1n) is 7.95. The van der Waals surface area contributed by atoms with Crippen LogP contribution in [0.5, 0.6) is 0 Å². The first-order valence-corrected chi connectivity index (χ1v) is 8.93. The Kier molecular flexibility index (Phi) is 3.02. The van der Waals surface area contributed by atoms with E-state index in [-0.39, 0.29) is 0 Å². The number of thioether (sulfide) groups is 1. The molecule has 3 aromatic rings. The molecule has 2 aromatic heterocycles. The molecule has 2 aliphatic heterocycles. The van der Waals surface area contributed by atoms with Crippen molar-refractivity contribution in [1.29, 1.82) is 0 Å². The molecule has 0 aliphatic carbocycles. The number of benzene rings is 1. The second kappa shape index (κ2) is 5.24. The van der Waals surface area contributed by atoms with Gasteiger partial charge in [-0.2, -0.15) is 10.1 Å². The Bertz CT molecular complexity index is 1070. The SMILES string of the molecule is Nc1nc2c3c(nn(CN4C=c5ccccc5=CC4)c3n1)CCS2. The van der Waals surface area contributed by atoms with Crippen LogP contribution >= 0.6 is 11.8 Å². The lowest BCUT2D eigenvalue weighted by Gasteiger charge is -2.21. The Morgan fingerprint density at radius 3 is 2.96 bits per heavy atom. The molecule has 6 nitrogen and oxygen atoms in total. The van der Waals surface area contributed by atoms with E-state index in [9.17, 15) is 0 Å². The van der Waals surface area contributed by atoms with E-state index in [1.807, 2.05) is 4.68 Å². The minimum Gasteiger partial charge on any atom is -0.368 e. The van der Waals surface area contributed by atoms with Gasteiger partial charge in [0.25, 0.3) is 0 Å². The third-order valence-electron chi connectivity index (χ3n) is 4.41. The number of anilines is 1. The third-order valence-corrected chi connectivity index (χ3v) is 5.38. The van der Waals surface area contributed by atoms with Crippen molar-refractivity contribution in [2.24, 2.45) is 0 Å². The fraction of sp³-hybridized carbons (Fsp3) is 0.235. The maximum Gasteiger partial charge on any atom is 0.223 e. The number of nitrogen functional groups attached to an aromatic ring is 1. The quantitative estimate of drug-likeness (QED) is 0.689. The zero-order valence-electron chi connectivity index (χ0n) is 13.0. The molecule has 0 spiro atoms. The van der Waals surface area contributed by atoms with Crippen molar-refractivity contribution < 1.29 is 0 Å². The summed E-state index contributed by atoms with van der Waals surface area (Å²) in [6.07, 6.45) is 5.38. The van der Waals surface area contributed by atoms with Crippen LogP contribution in [-0.4, -0.2) is 36.9 Å². The molecule has 5 rings (SSSR count). The van der Waals surface area contributed by atoms with Crippen molar-refractivity contribution in [2.45, 2.75) is 18.1 Å². The average molecular weight is 336 g/mol. The molecule has 120 valence electrons. The van der Waals surface area contributed by atoms with Crippen LogP contribution in [0.15, 0.2) is 29.3 Å². The predicted molar refractivity (Wildman–Crippen MR) is 95.5 cm³/mol. The zero-order valence-corrected chi connectivity index (χ0v) is 13.8. The topological polar surface area (TPSA) is 72.9 Å². The maximum atomic E-state index is 5.89. The van der Waals surface area contributed by atoms with Crippen LogP contribution in [0.3, 0.4) is 0 Å². The van der Waals surface area contributed by atoms with Gasteiger partial charge in [0, 0.05) is 24.9 Å². The molecule has 4 heterocycles. The van der Waals surface area contributed by atoms with Crippen LogP contribution in [0.4, 0.5) is 5.95 Å². The van der Waals surface area contributed by atoms with Gasteiger partial charge in [0.1, 0.15) is 11.7 Å². The molecule has 0 saturated carbocycles. The summed E-state index contributed by atoms with van der Waals surface area (Å²) in [5.74, 6) is 1.31. The van der Waals surface area contributed by atoms with Crippen LogP contribution in [0, 0.1) is 0 Å². The van der Waals surface area contributed by atoms with Crippen LogP contribution in [-0.2, 0) is 13.1 Å². The van der Waals surface area contributed by atoms with Gasteiger partial charge in [0.2, 0.25) is 5.95 Å². The van der Waals surface area contributed by atoms with Gasteiger partial charge < -0.3 is 10.6 Å². The standard InChI is InChI=1S/C17H16N6S/c18-17-19-15-14-13(6-8-24-16(14)20-17)21-23(15)10-22-7-5-11-3-1-2-4-12(11)9-22/h1-5,9H,6-8,10H2,(H2,18,19,20). The van der Waals surface area contributed by atoms with E-state index >= 15 is 0 Å². The fourth-order valence-electron chi connectivity index (χ4n) is 3.30. The average Bonchev–Trinajstić information content (AvgIpc) is 2.93. The van der Waals surface area contributed by atoms with Crippen LogP contribution in [0.2, 0.25) is 0 Å². The minimum absolute atomic E-state index is 0.319. The number of aryl methyl sites for hydroxylation is 1. The number of hydrogen-bond acceptors (Lipinski definition) is 6. The largest absolute Gasteiger partial charge is 0.368 e. The first-order chi connectivity index (χ1) is 11.8. The number of rotatable bonds is 2. The molecule has 0 fully saturated rings. The van der Waals surface area contributed by atoms with Gasteiger partial charge >= 0.3 is 0 Å². The predicted octanol–water partition coefficient (Wildman–Crippen LogP) is 0.548. The molecule has 24 heavy (non-hydrogen) atoms. The molecule has 0 atom stereocenters. The Morgan fingerprint density at radius 2 is 2.04 bits per heavy atom. The number of nitrogens with zero attached hydrogens (tertiary/aromatic N) is 5. The van der Waals surface area contributed by atoms with E-state index in [1.54, 1.807) is 11.8 Å². The van der Waals surface area contributed by atoms with Crippen molar-refractivity contribution in [3.05, 3.63) is 40.4 Å². The highest BCUT2D eigenvalue weighted by Crippen LogP contribution is 2.33. The summed E-state index contributed by atoms with van der Waals surface area (Å²) < 4.78 is 1.95. The summed E-state index contributed by atoms with van der Waals surface area (Å²) in [4.78, 5) is 11.1. The zero-order chi connectivity index (χ0) is 16.1. The smallest absolute Gasteiger partial charge is 0.223 e. The Balaban J connectivity index is 1.58. The van der Waals surface area contributed by atoms with E-state index in [2.05, 4.69) is 51.4 Å². The highest BCUT2D eigenvalue weighted by atomic mass is 32.2. The molecule has 2 N–H and O–H groups in total. The van der Waals surface area contributed by atoms with E-state index < -0.39 is 0 Å². The summed E-state index contributed by atoms with van der Waals surface area (Å²) in [6, 6.07) is 8.41. The third kappa shape index (κ3) is 2.16. The molecule has 2 aliphatic rings. The van der Waals surface area contributed by atoms with Crippen LogP contribution in [0.1, 0.15) is 5.69 Å². The van der Waals surface area contributed by atoms with E-state index in [0.29, 0.717) is 12.6 Å². The monoisotopic (exact) mass is 336 g/mol. The van der Waals surface area contributed by atoms with Crippen molar-refractivity contribution in [2.75, 3.05) is 18.0 Å². The van der Waals surface area contributed by atoms with E-state index in [4.69, 9.17) is 10.8 Å². The summed E-state index contributed by atoms with van der Waals surface area (Å²) in [6.45, 7) is 1.51. The van der Waals surface area contributed by atoms with Crippen molar-refractivity contribution >= 4 is 41.0 Å². The Morgan fingerprint density at radius 1 is 1.17 bits per heavy atom. The Hall–Kier alpha value is -2.54.